The molecule has 2 aromatic rings. The van der Waals surface area contributed by atoms with Gasteiger partial charge in [0.2, 0.25) is 0 Å². The Kier molecular flexibility index (Phi) is 2.74. The lowest BCUT2D eigenvalue weighted by Gasteiger charge is -2.04. The van der Waals surface area contributed by atoms with Gasteiger partial charge in [0, 0.05) is 17.6 Å². The highest BCUT2D eigenvalue weighted by atomic mass is 16.5. The third kappa shape index (κ3) is 1.94. The molecule has 88 valence electrons. The van der Waals surface area contributed by atoms with Crippen molar-refractivity contribution >= 4 is 22.6 Å². The quantitative estimate of drug-likeness (QED) is 0.789. The fourth-order valence-electron chi connectivity index (χ4n) is 1.66. The number of nitrogens with two attached hydrogens (primary N) is 2. The van der Waals surface area contributed by atoms with Crippen molar-refractivity contribution in [2.75, 3.05) is 12.3 Å². The van der Waals surface area contributed by atoms with E-state index in [4.69, 9.17) is 16.2 Å². The lowest BCUT2D eigenvalue weighted by Crippen LogP contribution is -2.18. The topological polar surface area (TPSA) is 83.3 Å². The molecule has 2 rings (SSSR count). The Morgan fingerprint density at radius 2 is 2.29 bits per heavy atom. The van der Waals surface area contributed by atoms with Gasteiger partial charge in [-0.15, -0.1) is 0 Å². The molecule has 0 aliphatic heterocycles. The molecule has 0 fully saturated rings. The molecule has 0 bridgehead atoms. The number of nitrogens with zero attached hydrogens (tertiary/aromatic N) is 1. The normalized spacial score (nSPS) is 10.4. The van der Waals surface area contributed by atoms with Crippen molar-refractivity contribution in [2.24, 2.45) is 5.73 Å². The van der Waals surface area contributed by atoms with E-state index in [1.807, 2.05) is 0 Å². The molecule has 1 aromatic heterocycles. The second-order valence-electron chi connectivity index (χ2n) is 3.57. The third-order valence-electron chi connectivity index (χ3n) is 2.41. The number of benzene rings is 1. The number of carbonyl (C=O) groups excluding carboxylic acids is 1. The minimum atomic E-state index is -0.576. The minimum Gasteiger partial charge on any atom is -0.489 e. The number of carbonyl (C=O) groups is 1. The van der Waals surface area contributed by atoms with E-state index in [0.29, 0.717) is 23.6 Å². The Bertz CT molecular complexity index is 587. The molecule has 17 heavy (non-hydrogen) atoms. The van der Waals surface area contributed by atoms with Crippen LogP contribution in [0.15, 0.2) is 37.1 Å². The van der Waals surface area contributed by atoms with Gasteiger partial charge in [-0.1, -0.05) is 12.7 Å². The monoisotopic (exact) mass is 231 g/mol. The van der Waals surface area contributed by atoms with Crippen LogP contribution in [0.2, 0.25) is 0 Å². The van der Waals surface area contributed by atoms with Crippen LogP contribution in [-0.2, 0) is 0 Å². The number of anilines is 1. The molecule has 0 radical (unpaired) electrons. The van der Waals surface area contributed by atoms with Crippen molar-refractivity contribution in [2.45, 2.75) is 0 Å². The lowest BCUT2D eigenvalue weighted by molar-refractivity contribution is 0.251. The summed E-state index contributed by atoms with van der Waals surface area (Å²) in [4.78, 5) is 11.2. The van der Waals surface area contributed by atoms with Crippen LogP contribution in [0.4, 0.5) is 10.5 Å². The van der Waals surface area contributed by atoms with Gasteiger partial charge in [-0.05, 0) is 12.1 Å². The van der Waals surface area contributed by atoms with E-state index in [-0.39, 0.29) is 0 Å². The molecule has 0 unspecified atom stereocenters. The molecule has 1 amide bonds. The first-order valence-corrected chi connectivity index (χ1v) is 5.07. The van der Waals surface area contributed by atoms with Gasteiger partial charge >= 0.3 is 6.03 Å². The predicted octanol–water partition coefficient (Wildman–Crippen LogP) is 1.72. The smallest absolute Gasteiger partial charge is 0.323 e. The molecular weight excluding hydrogens is 218 g/mol. The van der Waals surface area contributed by atoms with E-state index in [2.05, 4.69) is 6.58 Å². The van der Waals surface area contributed by atoms with Crippen LogP contribution in [0.3, 0.4) is 0 Å². The molecule has 1 aromatic carbocycles. The Balaban J connectivity index is 2.54. The summed E-state index contributed by atoms with van der Waals surface area (Å²) in [5, 5.41) is 0.773. The van der Waals surface area contributed by atoms with Crippen molar-refractivity contribution in [1.82, 2.24) is 4.57 Å². The summed E-state index contributed by atoms with van der Waals surface area (Å²) in [6, 6.07) is 4.73. The number of ether oxygens (including phenoxy) is 1. The zero-order chi connectivity index (χ0) is 12.4. The van der Waals surface area contributed by atoms with Crippen molar-refractivity contribution in [3.63, 3.8) is 0 Å². The van der Waals surface area contributed by atoms with Gasteiger partial charge in [0.05, 0.1) is 11.2 Å². The Morgan fingerprint density at radius 1 is 1.53 bits per heavy atom. The number of rotatable bonds is 3. The molecule has 0 atom stereocenters. The maximum atomic E-state index is 11.2. The molecule has 4 N–H and O–H groups in total. The van der Waals surface area contributed by atoms with Crippen LogP contribution in [0.5, 0.6) is 5.75 Å². The minimum absolute atomic E-state index is 0.401. The summed E-state index contributed by atoms with van der Waals surface area (Å²) in [6.07, 6.45) is 3.15. The molecule has 0 aliphatic carbocycles. The van der Waals surface area contributed by atoms with Crippen LogP contribution in [0.25, 0.3) is 10.9 Å². The second-order valence-corrected chi connectivity index (χ2v) is 3.57. The highest BCUT2D eigenvalue weighted by Crippen LogP contribution is 2.27. The van der Waals surface area contributed by atoms with Gasteiger partial charge < -0.3 is 16.2 Å². The van der Waals surface area contributed by atoms with Gasteiger partial charge in [-0.25, -0.2) is 4.79 Å². The van der Waals surface area contributed by atoms with E-state index in [0.717, 1.165) is 5.39 Å². The van der Waals surface area contributed by atoms with E-state index in [1.165, 1.54) is 10.8 Å². The van der Waals surface area contributed by atoms with Crippen LogP contribution < -0.4 is 16.2 Å². The number of hydrogen-bond donors (Lipinski definition) is 2. The van der Waals surface area contributed by atoms with Crippen molar-refractivity contribution in [3.05, 3.63) is 37.1 Å². The van der Waals surface area contributed by atoms with Crippen molar-refractivity contribution in [3.8, 4) is 5.75 Å². The molecule has 0 aliphatic rings. The maximum absolute atomic E-state index is 11.2. The molecule has 0 saturated carbocycles. The summed E-state index contributed by atoms with van der Waals surface area (Å²) in [7, 11) is 0. The first-order chi connectivity index (χ1) is 8.13. The average molecular weight is 231 g/mol. The first-order valence-electron chi connectivity index (χ1n) is 5.07. The average Bonchev–Trinajstić information content (AvgIpc) is 2.64. The number of nitrogen functional groups attached to an aromatic ring is 1. The van der Waals surface area contributed by atoms with E-state index in [9.17, 15) is 4.79 Å². The first kappa shape index (κ1) is 11.1. The van der Waals surface area contributed by atoms with Gasteiger partial charge in [-0.3, -0.25) is 4.57 Å². The lowest BCUT2D eigenvalue weighted by atomic mass is 10.2. The number of hydrogen-bond acceptors (Lipinski definition) is 3. The van der Waals surface area contributed by atoms with E-state index in [1.54, 1.807) is 24.3 Å². The zero-order valence-corrected chi connectivity index (χ0v) is 9.22. The summed E-state index contributed by atoms with van der Waals surface area (Å²) in [5.74, 6) is 0.637. The second kappa shape index (κ2) is 4.21. The number of fused-ring (bicyclic) bond motifs is 1. The van der Waals surface area contributed by atoms with Gasteiger partial charge in [0.1, 0.15) is 12.4 Å². The molecule has 5 heteroatoms. The Morgan fingerprint density at radius 3 is 2.94 bits per heavy atom. The molecule has 5 nitrogen and oxygen atoms in total. The highest BCUT2D eigenvalue weighted by Gasteiger charge is 2.10. The van der Waals surface area contributed by atoms with Crippen LogP contribution in [-0.4, -0.2) is 17.2 Å². The van der Waals surface area contributed by atoms with E-state index < -0.39 is 6.03 Å². The standard InChI is InChI=1S/C12H13N3O2/c1-2-5-17-8-3-4-9-10(13)7-15(12(14)16)11(9)6-8/h2-4,6-7H,1,5,13H2,(H2,14,16). The van der Waals surface area contributed by atoms with Gasteiger partial charge in [0.15, 0.2) is 0 Å². The summed E-state index contributed by atoms with van der Waals surface area (Å²) >= 11 is 0. The van der Waals surface area contributed by atoms with Gasteiger partial charge in [-0.2, -0.15) is 0 Å². The number of aromatic nitrogens is 1. The van der Waals surface area contributed by atoms with Gasteiger partial charge in [0.25, 0.3) is 0 Å². The van der Waals surface area contributed by atoms with Crippen molar-refractivity contribution < 1.29 is 9.53 Å². The van der Waals surface area contributed by atoms with E-state index >= 15 is 0 Å². The zero-order valence-electron chi connectivity index (χ0n) is 9.22. The Labute approximate surface area is 98.3 Å². The van der Waals surface area contributed by atoms with Crippen LogP contribution in [0.1, 0.15) is 0 Å². The third-order valence-corrected chi connectivity index (χ3v) is 2.41. The summed E-state index contributed by atoms with van der Waals surface area (Å²) < 4.78 is 6.68. The predicted molar refractivity (Wildman–Crippen MR) is 67.0 cm³/mol. The SMILES string of the molecule is C=CCOc1ccc2c(N)cn(C(N)=O)c2c1. The highest BCUT2D eigenvalue weighted by molar-refractivity contribution is 5.99. The van der Waals surface area contributed by atoms with Crippen LogP contribution in [0, 0.1) is 0 Å². The maximum Gasteiger partial charge on any atom is 0.323 e. The largest absolute Gasteiger partial charge is 0.489 e. The molecule has 0 spiro atoms. The van der Waals surface area contributed by atoms with Crippen LogP contribution >= 0.6 is 0 Å². The molecule has 1 heterocycles. The summed E-state index contributed by atoms with van der Waals surface area (Å²) in [5.41, 5.74) is 12.2. The summed E-state index contributed by atoms with van der Waals surface area (Å²) in [6.45, 7) is 3.96. The molecule has 0 saturated heterocycles. The molecular formula is C12H13N3O2. The fraction of sp³-hybridized carbons (Fsp3) is 0.0833. The Hall–Kier alpha value is -2.43. The van der Waals surface area contributed by atoms with Crippen molar-refractivity contribution in [1.29, 1.82) is 0 Å². The number of primary amides is 1. The number of amides is 1. The fourth-order valence-corrected chi connectivity index (χ4v) is 1.66.